The van der Waals surface area contributed by atoms with E-state index >= 15 is 0 Å². The SMILES string of the molecule is CCOC(=O)CSc1ccc(C(=O)N2CCN(c3ccc(Cl)c(Cl)c3)CC2)cc1[N+](=O)[O-]. The number of ether oxygens (including phenoxy) is 1. The van der Waals surface area contributed by atoms with Crippen molar-refractivity contribution < 1.29 is 19.2 Å². The molecule has 0 aromatic heterocycles. The van der Waals surface area contributed by atoms with Crippen LogP contribution in [0.25, 0.3) is 0 Å². The molecule has 1 aliphatic heterocycles. The van der Waals surface area contributed by atoms with Gasteiger partial charge in [-0.2, -0.15) is 0 Å². The highest BCUT2D eigenvalue weighted by Crippen LogP contribution is 2.31. The van der Waals surface area contributed by atoms with Crippen LogP contribution in [0.2, 0.25) is 10.0 Å². The maximum atomic E-state index is 12.9. The molecule has 2 aromatic carbocycles. The van der Waals surface area contributed by atoms with Crippen molar-refractivity contribution in [1.29, 1.82) is 0 Å². The fourth-order valence-corrected chi connectivity index (χ4v) is 4.38. The van der Waals surface area contributed by atoms with Gasteiger partial charge in [0.2, 0.25) is 0 Å². The number of piperazine rings is 1. The summed E-state index contributed by atoms with van der Waals surface area (Å²) in [5.41, 5.74) is 0.949. The minimum atomic E-state index is -0.549. The second kappa shape index (κ2) is 10.9. The number of benzene rings is 2. The molecule has 8 nitrogen and oxygen atoms in total. The molecule has 1 fully saturated rings. The molecule has 3 rings (SSSR count). The molecule has 0 bridgehead atoms. The fourth-order valence-electron chi connectivity index (χ4n) is 3.29. The number of nitrogens with zero attached hydrogens (tertiary/aromatic N) is 3. The maximum Gasteiger partial charge on any atom is 0.316 e. The normalized spacial score (nSPS) is 13.7. The first-order chi connectivity index (χ1) is 15.3. The van der Waals surface area contributed by atoms with Crippen LogP contribution >= 0.6 is 35.0 Å². The van der Waals surface area contributed by atoms with E-state index in [1.165, 1.54) is 12.1 Å². The zero-order chi connectivity index (χ0) is 23.3. The average Bonchev–Trinajstić information content (AvgIpc) is 2.79. The zero-order valence-electron chi connectivity index (χ0n) is 17.3. The Morgan fingerprint density at radius 3 is 2.44 bits per heavy atom. The summed E-state index contributed by atoms with van der Waals surface area (Å²) in [5.74, 6) is -0.769. The highest BCUT2D eigenvalue weighted by atomic mass is 35.5. The summed E-state index contributed by atoms with van der Waals surface area (Å²) in [7, 11) is 0. The van der Waals surface area contributed by atoms with Gasteiger partial charge in [0.05, 0.1) is 32.2 Å². The number of nitro groups is 1. The molecule has 1 saturated heterocycles. The summed E-state index contributed by atoms with van der Waals surface area (Å²) in [4.78, 5) is 39.5. The molecule has 2 aromatic rings. The standard InChI is InChI=1S/C21H21Cl2N3O5S/c1-2-31-20(27)13-32-19-6-3-14(11-18(19)26(29)30)21(28)25-9-7-24(8-10-25)15-4-5-16(22)17(23)12-15/h3-6,11-12H,2,7-10,13H2,1H3. The van der Waals surface area contributed by atoms with Gasteiger partial charge >= 0.3 is 5.97 Å². The molecule has 0 radical (unpaired) electrons. The van der Waals surface area contributed by atoms with Gasteiger partial charge in [0.1, 0.15) is 0 Å². The Hall–Kier alpha value is -2.49. The lowest BCUT2D eigenvalue weighted by Crippen LogP contribution is -2.48. The smallest absolute Gasteiger partial charge is 0.316 e. The minimum absolute atomic E-state index is 0.0430. The molecule has 170 valence electrons. The summed E-state index contributed by atoms with van der Waals surface area (Å²) in [6.45, 7) is 4.06. The van der Waals surface area contributed by atoms with Crippen LogP contribution < -0.4 is 4.90 Å². The van der Waals surface area contributed by atoms with E-state index in [1.54, 1.807) is 30.0 Å². The Bertz CT molecular complexity index is 1030. The molecule has 0 saturated carbocycles. The van der Waals surface area contributed by atoms with Crippen molar-refractivity contribution in [3.05, 3.63) is 62.1 Å². The third-order valence-corrected chi connectivity index (χ3v) is 6.66. The first kappa shape index (κ1) is 24.2. The van der Waals surface area contributed by atoms with E-state index in [1.807, 2.05) is 6.07 Å². The van der Waals surface area contributed by atoms with Crippen molar-refractivity contribution in [2.45, 2.75) is 11.8 Å². The zero-order valence-corrected chi connectivity index (χ0v) is 19.6. The van der Waals surface area contributed by atoms with Gasteiger partial charge in [-0.05, 0) is 37.3 Å². The van der Waals surface area contributed by atoms with Crippen LogP contribution in [0.3, 0.4) is 0 Å². The molecular weight excluding hydrogens is 477 g/mol. The minimum Gasteiger partial charge on any atom is -0.465 e. The van der Waals surface area contributed by atoms with Crippen molar-refractivity contribution in [2.24, 2.45) is 0 Å². The van der Waals surface area contributed by atoms with E-state index in [-0.39, 0.29) is 29.5 Å². The molecule has 11 heteroatoms. The molecule has 1 heterocycles. The van der Waals surface area contributed by atoms with Crippen molar-refractivity contribution in [3.8, 4) is 0 Å². The van der Waals surface area contributed by atoms with E-state index in [4.69, 9.17) is 27.9 Å². The summed E-state index contributed by atoms with van der Waals surface area (Å²) in [5, 5.41) is 12.5. The third-order valence-electron chi connectivity index (χ3n) is 4.89. The second-order valence-electron chi connectivity index (χ2n) is 6.91. The van der Waals surface area contributed by atoms with E-state index in [0.29, 0.717) is 41.1 Å². The summed E-state index contributed by atoms with van der Waals surface area (Å²) >= 11 is 13.1. The van der Waals surface area contributed by atoms with Crippen LogP contribution in [0, 0.1) is 10.1 Å². The number of hydrogen-bond acceptors (Lipinski definition) is 7. The first-order valence-electron chi connectivity index (χ1n) is 9.86. The maximum absolute atomic E-state index is 12.9. The average molecular weight is 498 g/mol. The van der Waals surface area contributed by atoms with Gasteiger partial charge in [-0.15, -0.1) is 11.8 Å². The number of carbonyl (C=O) groups excluding carboxylic acids is 2. The van der Waals surface area contributed by atoms with Crippen LogP contribution in [-0.4, -0.2) is 60.2 Å². The number of hydrogen-bond donors (Lipinski definition) is 0. The number of anilines is 1. The highest BCUT2D eigenvalue weighted by Gasteiger charge is 2.25. The third kappa shape index (κ3) is 5.85. The second-order valence-corrected chi connectivity index (χ2v) is 8.74. The van der Waals surface area contributed by atoms with Crippen LogP contribution in [0.1, 0.15) is 17.3 Å². The number of esters is 1. The lowest BCUT2D eigenvalue weighted by atomic mass is 10.1. The monoisotopic (exact) mass is 497 g/mol. The molecule has 0 N–H and O–H groups in total. The largest absolute Gasteiger partial charge is 0.465 e. The Kier molecular flexibility index (Phi) is 8.22. The van der Waals surface area contributed by atoms with Gasteiger partial charge in [-0.1, -0.05) is 23.2 Å². The van der Waals surface area contributed by atoms with Crippen molar-refractivity contribution in [1.82, 2.24) is 4.90 Å². The quantitative estimate of drug-likeness (QED) is 0.240. The number of amides is 1. The molecule has 0 spiro atoms. The Morgan fingerprint density at radius 2 is 1.81 bits per heavy atom. The molecule has 1 amide bonds. The molecular formula is C21H21Cl2N3O5S. The van der Waals surface area contributed by atoms with Crippen LogP contribution in [0.4, 0.5) is 11.4 Å². The van der Waals surface area contributed by atoms with Gasteiger partial charge in [-0.3, -0.25) is 19.7 Å². The van der Waals surface area contributed by atoms with Crippen molar-refractivity contribution >= 4 is 58.2 Å². The number of nitro benzene ring substituents is 1. The Morgan fingerprint density at radius 1 is 1.09 bits per heavy atom. The summed E-state index contributed by atoms with van der Waals surface area (Å²) in [6.07, 6.45) is 0. The molecule has 32 heavy (non-hydrogen) atoms. The van der Waals surface area contributed by atoms with Crippen LogP contribution in [0.5, 0.6) is 0 Å². The summed E-state index contributed by atoms with van der Waals surface area (Å²) in [6, 6.07) is 9.72. The molecule has 0 unspecified atom stereocenters. The molecule has 0 aliphatic carbocycles. The summed E-state index contributed by atoms with van der Waals surface area (Å²) < 4.78 is 4.85. The van der Waals surface area contributed by atoms with Gasteiger partial charge in [0.15, 0.2) is 0 Å². The predicted octanol–water partition coefficient (Wildman–Crippen LogP) is 4.52. The van der Waals surface area contributed by atoms with E-state index < -0.39 is 10.9 Å². The fraction of sp³-hybridized carbons (Fsp3) is 0.333. The van der Waals surface area contributed by atoms with Crippen molar-refractivity contribution in [2.75, 3.05) is 43.4 Å². The van der Waals surface area contributed by atoms with E-state index in [9.17, 15) is 19.7 Å². The number of halogens is 2. The van der Waals surface area contributed by atoms with Gasteiger partial charge in [0, 0.05) is 43.5 Å². The lowest BCUT2D eigenvalue weighted by molar-refractivity contribution is -0.387. The highest BCUT2D eigenvalue weighted by molar-refractivity contribution is 8.00. The van der Waals surface area contributed by atoms with E-state index in [2.05, 4.69) is 4.90 Å². The number of carbonyl (C=O) groups is 2. The first-order valence-corrected chi connectivity index (χ1v) is 11.6. The lowest BCUT2D eigenvalue weighted by Gasteiger charge is -2.36. The molecule has 0 atom stereocenters. The van der Waals surface area contributed by atoms with E-state index in [0.717, 1.165) is 17.4 Å². The van der Waals surface area contributed by atoms with Crippen LogP contribution in [-0.2, 0) is 9.53 Å². The van der Waals surface area contributed by atoms with Gasteiger partial charge < -0.3 is 14.5 Å². The van der Waals surface area contributed by atoms with Crippen LogP contribution in [0.15, 0.2) is 41.3 Å². The molecule has 1 aliphatic rings. The Labute approximate surface area is 199 Å². The number of thioether (sulfide) groups is 1. The predicted molar refractivity (Wildman–Crippen MR) is 125 cm³/mol. The van der Waals surface area contributed by atoms with Crippen molar-refractivity contribution in [3.63, 3.8) is 0 Å². The number of rotatable bonds is 7. The van der Waals surface area contributed by atoms with Gasteiger partial charge in [0.25, 0.3) is 11.6 Å². The topological polar surface area (TPSA) is 93.0 Å². The van der Waals surface area contributed by atoms with Gasteiger partial charge in [-0.25, -0.2) is 0 Å². The Balaban J connectivity index is 1.67.